The number of thioether (sulfide) groups is 1. The summed E-state index contributed by atoms with van der Waals surface area (Å²) in [6, 6.07) is 7.93. The van der Waals surface area contributed by atoms with Crippen LogP contribution >= 0.6 is 23.4 Å². The van der Waals surface area contributed by atoms with E-state index >= 15 is 0 Å². The van der Waals surface area contributed by atoms with Gasteiger partial charge < -0.3 is 10.0 Å². The van der Waals surface area contributed by atoms with E-state index in [-0.39, 0.29) is 6.61 Å². The van der Waals surface area contributed by atoms with Crippen molar-refractivity contribution in [3.63, 3.8) is 0 Å². The third kappa shape index (κ3) is 6.32. The van der Waals surface area contributed by atoms with E-state index in [2.05, 4.69) is 11.8 Å². The van der Waals surface area contributed by atoms with Crippen molar-refractivity contribution in [3.05, 3.63) is 29.3 Å². The van der Waals surface area contributed by atoms with Crippen LogP contribution in [-0.4, -0.2) is 42.0 Å². The normalized spacial score (nSPS) is 11.1. The Hall–Kier alpha value is -0.220. The largest absolute Gasteiger partial charge is 0.395 e. The molecular weight excluding hydrogens is 254 g/mol. The Morgan fingerprint density at radius 1 is 1.18 bits per heavy atom. The lowest BCUT2D eigenvalue weighted by Gasteiger charge is -2.19. The van der Waals surface area contributed by atoms with Gasteiger partial charge in [-0.1, -0.05) is 18.5 Å². The second-order valence-electron chi connectivity index (χ2n) is 3.87. The van der Waals surface area contributed by atoms with Gasteiger partial charge in [0.25, 0.3) is 0 Å². The van der Waals surface area contributed by atoms with Crippen molar-refractivity contribution in [1.82, 2.24) is 4.90 Å². The van der Waals surface area contributed by atoms with Crippen LogP contribution in [0.5, 0.6) is 0 Å². The third-order valence-corrected chi connectivity index (χ3v) is 3.69. The Morgan fingerprint density at radius 3 is 2.47 bits per heavy atom. The average Bonchev–Trinajstić information content (AvgIpc) is 2.32. The van der Waals surface area contributed by atoms with Gasteiger partial charge in [-0.2, -0.15) is 0 Å². The second kappa shape index (κ2) is 8.81. The first kappa shape index (κ1) is 14.8. The van der Waals surface area contributed by atoms with Gasteiger partial charge in [0.15, 0.2) is 0 Å². The summed E-state index contributed by atoms with van der Waals surface area (Å²) in [5.41, 5.74) is 0. The fraction of sp³-hybridized carbons (Fsp3) is 0.538. The van der Waals surface area contributed by atoms with Crippen LogP contribution in [0.1, 0.15) is 13.3 Å². The van der Waals surface area contributed by atoms with Gasteiger partial charge in [-0.25, -0.2) is 0 Å². The van der Waals surface area contributed by atoms with E-state index in [0.29, 0.717) is 0 Å². The van der Waals surface area contributed by atoms with Crippen molar-refractivity contribution < 1.29 is 5.11 Å². The minimum atomic E-state index is 0.242. The molecule has 17 heavy (non-hydrogen) atoms. The van der Waals surface area contributed by atoms with Crippen molar-refractivity contribution in [2.75, 3.05) is 32.0 Å². The Bertz CT molecular complexity index is 299. The van der Waals surface area contributed by atoms with Gasteiger partial charge in [-0.05, 0) is 37.2 Å². The van der Waals surface area contributed by atoms with E-state index < -0.39 is 0 Å². The molecular formula is C13H20ClNOS. The molecule has 0 atom stereocenters. The van der Waals surface area contributed by atoms with E-state index in [9.17, 15) is 0 Å². The molecule has 1 aromatic rings. The summed E-state index contributed by atoms with van der Waals surface area (Å²) in [7, 11) is 0. The SMILES string of the molecule is CCCN(CCO)CCSc1ccc(Cl)cc1. The summed E-state index contributed by atoms with van der Waals surface area (Å²) in [6.45, 7) is 5.25. The molecule has 0 aliphatic heterocycles. The zero-order valence-electron chi connectivity index (χ0n) is 10.2. The molecule has 2 nitrogen and oxygen atoms in total. The zero-order valence-corrected chi connectivity index (χ0v) is 11.8. The minimum Gasteiger partial charge on any atom is -0.395 e. The van der Waals surface area contributed by atoms with Gasteiger partial charge in [0, 0.05) is 28.8 Å². The molecule has 0 bridgehead atoms. The first-order valence-corrected chi connectivity index (χ1v) is 7.34. The first-order chi connectivity index (χ1) is 8.26. The second-order valence-corrected chi connectivity index (χ2v) is 5.47. The van der Waals surface area contributed by atoms with Crippen LogP contribution in [0.4, 0.5) is 0 Å². The van der Waals surface area contributed by atoms with Crippen LogP contribution in [0.3, 0.4) is 0 Å². The molecule has 0 heterocycles. The molecule has 0 aliphatic rings. The zero-order chi connectivity index (χ0) is 12.5. The molecule has 0 fully saturated rings. The summed E-state index contributed by atoms with van der Waals surface area (Å²) >= 11 is 7.66. The van der Waals surface area contributed by atoms with E-state index in [1.165, 1.54) is 4.90 Å². The van der Waals surface area contributed by atoms with Gasteiger partial charge in [0.2, 0.25) is 0 Å². The Labute approximate surface area is 113 Å². The number of hydrogen-bond donors (Lipinski definition) is 1. The molecule has 0 spiro atoms. The van der Waals surface area contributed by atoms with Crippen LogP contribution < -0.4 is 0 Å². The van der Waals surface area contributed by atoms with Crippen LogP contribution in [0, 0.1) is 0 Å². The standard InChI is InChI=1S/C13H20ClNOS/c1-2-7-15(8-10-16)9-11-17-13-5-3-12(14)4-6-13/h3-6,16H,2,7-11H2,1H3. The molecule has 0 saturated heterocycles. The van der Waals surface area contributed by atoms with Crippen molar-refractivity contribution in [2.24, 2.45) is 0 Å². The van der Waals surface area contributed by atoms with E-state index in [1.807, 2.05) is 36.0 Å². The predicted molar refractivity (Wildman–Crippen MR) is 76.0 cm³/mol. The van der Waals surface area contributed by atoms with Gasteiger partial charge in [0.05, 0.1) is 6.61 Å². The molecule has 0 radical (unpaired) electrons. The Morgan fingerprint density at radius 2 is 1.88 bits per heavy atom. The number of hydrogen-bond acceptors (Lipinski definition) is 3. The van der Waals surface area contributed by atoms with Crippen molar-refractivity contribution in [1.29, 1.82) is 0 Å². The van der Waals surface area contributed by atoms with Crippen molar-refractivity contribution in [2.45, 2.75) is 18.2 Å². The topological polar surface area (TPSA) is 23.5 Å². The monoisotopic (exact) mass is 273 g/mol. The van der Waals surface area contributed by atoms with Crippen LogP contribution in [0.25, 0.3) is 0 Å². The summed E-state index contributed by atoms with van der Waals surface area (Å²) in [5.74, 6) is 1.04. The highest BCUT2D eigenvalue weighted by atomic mass is 35.5. The predicted octanol–water partition coefficient (Wildman–Crippen LogP) is 3.14. The molecule has 1 rings (SSSR count). The van der Waals surface area contributed by atoms with Crippen molar-refractivity contribution in [3.8, 4) is 0 Å². The maximum absolute atomic E-state index is 8.95. The smallest absolute Gasteiger partial charge is 0.0558 e. The van der Waals surface area contributed by atoms with Crippen molar-refractivity contribution >= 4 is 23.4 Å². The molecule has 0 amide bonds. The summed E-state index contributed by atoms with van der Waals surface area (Å²) in [4.78, 5) is 3.54. The number of nitrogens with zero attached hydrogens (tertiary/aromatic N) is 1. The Balaban J connectivity index is 2.27. The molecule has 96 valence electrons. The number of halogens is 1. The highest BCUT2D eigenvalue weighted by Gasteiger charge is 2.03. The number of benzene rings is 1. The minimum absolute atomic E-state index is 0.242. The van der Waals surface area contributed by atoms with E-state index in [1.54, 1.807) is 0 Å². The molecule has 1 aromatic carbocycles. The summed E-state index contributed by atoms with van der Waals surface area (Å²) in [6.07, 6.45) is 1.13. The van der Waals surface area contributed by atoms with Crippen LogP contribution in [-0.2, 0) is 0 Å². The fourth-order valence-electron chi connectivity index (χ4n) is 1.62. The summed E-state index contributed by atoms with van der Waals surface area (Å²) < 4.78 is 0. The van der Waals surface area contributed by atoms with E-state index in [4.69, 9.17) is 16.7 Å². The number of aliphatic hydroxyl groups is 1. The number of rotatable bonds is 8. The summed E-state index contributed by atoms with van der Waals surface area (Å²) in [5, 5.41) is 9.73. The molecule has 1 N–H and O–H groups in total. The molecule has 0 aromatic heterocycles. The highest BCUT2D eigenvalue weighted by molar-refractivity contribution is 7.99. The van der Waals surface area contributed by atoms with Crippen LogP contribution in [0.15, 0.2) is 29.2 Å². The fourth-order valence-corrected chi connectivity index (χ4v) is 2.66. The molecule has 0 aliphatic carbocycles. The molecule has 4 heteroatoms. The maximum atomic E-state index is 8.95. The Kier molecular flexibility index (Phi) is 7.69. The van der Waals surface area contributed by atoms with E-state index in [0.717, 1.165) is 36.8 Å². The lowest BCUT2D eigenvalue weighted by molar-refractivity contribution is 0.203. The van der Waals surface area contributed by atoms with Gasteiger partial charge in [0.1, 0.15) is 0 Å². The van der Waals surface area contributed by atoms with Gasteiger partial charge in [-0.3, -0.25) is 0 Å². The highest BCUT2D eigenvalue weighted by Crippen LogP contribution is 2.20. The molecule has 0 saturated carbocycles. The van der Waals surface area contributed by atoms with Gasteiger partial charge in [-0.15, -0.1) is 11.8 Å². The number of aliphatic hydroxyl groups excluding tert-OH is 1. The lowest BCUT2D eigenvalue weighted by atomic mass is 10.4. The first-order valence-electron chi connectivity index (χ1n) is 5.98. The van der Waals surface area contributed by atoms with Crippen LogP contribution in [0.2, 0.25) is 5.02 Å². The quantitative estimate of drug-likeness (QED) is 0.736. The molecule has 0 unspecified atom stereocenters. The van der Waals surface area contributed by atoms with Gasteiger partial charge >= 0.3 is 0 Å². The average molecular weight is 274 g/mol. The third-order valence-electron chi connectivity index (χ3n) is 2.45. The lowest BCUT2D eigenvalue weighted by Crippen LogP contribution is -2.29. The maximum Gasteiger partial charge on any atom is 0.0558 e.